The maximum atomic E-state index is 11.0. The van der Waals surface area contributed by atoms with Crippen molar-refractivity contribution in [2.45, 2.75) is 45.5 Å². The first kappa shape index (κ1) is 17.9. The van der Waals surface area contributed by atoms with E-state index in [4.69, 9.17) is 15.9 Å². The lowest BCUT2D eigenvalue weighted by molar-refractivity contribution is 0.145. The minimum Gasteiger partial charge on any atom is -0.491 e. The molecule has 0 aliphatic heterocycles. The zero-order valence-electron chi connectivity index (χ0n) is 14.6. The molecule has 0 aromatic heterocycles. The number of aliphatic hydroxyl groups is 1. The highest BCUT2D eigenvalue weighted by molar-refractivity contribution is 5.46. The van der Waals surface area contributed by atoms with Gasteiger partial charge in [-0.2, -0.15) is 0 Å². The van der Waals surface area contributed by atoms with E-state index in [1.807, 2.05) is 52.0 Å². The van der Waals surface area contributed by atoms with Gasteiger partial charge in [0, 0.05) is 11.1 Å². The molecule has 3 nitrogen and oxygen atoms in total. The summed E-state index contributed by atoms with van der Waals surface area (Å²) < 4.78 is 11.2. The lowest BCUT2D eigenvalue weighted by atomic mass is 9.87. The molecule has 2 aromatic carbocycles. The minimum atomic E-state index is -1.49. The van der Waals surface area contributed by atoms with E-state index in [1.54, 1.807) is 24.3 Å². The quantitative estimate of drug-likeness (QED) is 0.812. The molecular formula is C21H24O3. The van der Waals surface area contributed by atoms with Crippen LogP contribution in [0, 0.1) is 12.3 Å². The van der Waals surface area contributed by atoms with Crippen LogP contribution in [0.25, 0.3) is 0 Å². The van der Waals surface area contributed by atoms with E-state index in [9.17, 15) is 5.11 Å². The number of terminal acetylenes is 1. The summed E-state index contributed by atoms with van der Waals surface area (Å²) in [5, 5.41) is 11.0. The molecule has 0 aliphatic rings. The van der Waals surface area contributed by atoms with Crippen LogP contribution in [0.3, 0.4) is 0 Å². The van der Waals surface area contributed by atoms with Gasteiger partial charge in [-0.15, -0.1) is 6.42 Å². The molecular weight excluding hydrogens is 300 g/mol. The summed E-state index contributed by atoms with van der Waals surface area (Å²) in [6, 6.07) is 14.4. The second-order valence-corrected chi connectivity index (χ2v) is 6.24. The fraction of sp³-hybridized carbons (Fsp3) is 0.333. The van der Waals surface area contributed by atoms with E-state index >= 15 is 0 Å². The van der Waals surface area contributed by atoms with Gasteiger partial charge in [0.05, 0.1) is 12.2 Å². The Kier molecular flexibility index (Phi) is 5.54. The van der Waals surface area contributed by atoms with Gasteiger partial charge in [0.25, 0.3) is 0 Å². The van der Waals surface area contributed by atoms with Gasteiger partial charge in [-0.25, -0.2) is 0 Å². The van der Waals surface area contributed by atoms with Crippen LogP contribution >= 0.6 is 0 Å². The Bertz CT molecular complexity index is 638. The van der Waals surface area contributed by atoms with Gasteiger partial charge in [-0.1, -0.05) is 30.2 Å². The van der Waals surface area contributed by atoms with Crippen molar-refractivity contribution < 1.29 is 14.6 Å². The van der Waals surface area contributed by atoms with E-state index in [2.05, 4.69) is 5.92 Å². The molecule has 2 rings (SSSR count). The fourth-order valence-corrected chi connectivity index (χ4v) is 2.43. The van der Waals surface area contributed by atoms with E-state index in [-0.39, 0.29) is 12.2 Å². The van der Waals surface area contributed by atoms with Crippen molar-refractivity contribution in [3.05, 3.63) is 59.7 Å². The Labute approximate surface area is 144 Å². The summed E-state index contributed by atoms with van der Waals surface area (Å²) >= 11 is 0. The molecule has 0 atom stereocenters. The predicted octanol–water partition coefficient (Wildman–Crippen LogP) is 4.13. The molecule has 0 amide bonds. The molecule has 2 aromatic rings. The average molecular weight is 324 g/mol. The number of ether oxygens (including phenoxy) is 2. The van der Waals surface area contributed by atoms with Crippen LogP contribution in [0.4, 0.5) is 0 Å². The number of rotatable bonds is 6. The third-order valence-electron chi connectivity index (χ3n) is 3.50. The monoisotopic (exact) mass is 324 g/mol. The van der Waals surface area contributed by atoms with Gasteiger partial charge in [0.15, 0.2) is 5.60 Å². The van der Waals surface area contributed by atoms with Crippen molar-refractivity contribution in [3.63, 3.8) is 0 Å². The highest BCUT2D eigenvalue weighted by Gasteiger charge is 2.29. The van der Waals surface area contributed by atoms with Crippen LogP contribution in [0.5, 0.6) is 11.5 Å². The number of hydrogen-bond acceptors (Lipinski definition) is 3. The topological polar surface area (TPSA) is 38.7 Å². The smallest absolute Gasteiger partial charge is 0.176 e. The van der Waals surface area contributed by atoms with Crippen LogP contribution in [0.1, 0.15) is 38.8 Å². The summed E-state index contributed by atoms with van der Waals surface area (Å²) in [4.78, 5) is 0. The first-order valence-electron chi connectivity index (χ1n) is 8.09. The molecule has 0 bridgehead atoms. The van der Waals surface area contributed by atoms with Crippen molar-refractivity contribution in [2.24, 2.45) is 0 Å². The summed E-state index contributed by atoms with van der Waals surface area (Å²) in [5.74, 6) is 3.99. The highest BCUT2D eigenvalue weighted by Crippen LogP contribution is 2.31. The first-order chi connectivity index (χ1) is 11.3. The number of hydrogen-bond donors (Lipinski definition) is 1. The van der Waals surface area contributed by atoms with Crippen LogP contribution in [0.15, 0.2) is 48.5 Å². The lowest BCUT2D eigenvalue weighted by Crippen LogP contribution is -2.25. The van der Waals surface area contributed by atoms with Crippen LogP contribution in [-0.2, 0) is 5.60 Å². The molecule has 0 fully saturated rings. The molecule has 0 saturated carbocycles. The van der Waals surface area contributed by atoms with E-state index in [0.717, 1.165) is 11.5 Å². The predicted molar refractivity (Wildman–Crippen MR) is 96.2 cm³/mol. The van der Waals surface area contributed by atoms with E-state index in [1.165, 1.54) is 0 Å². The Morgan fingerprint density at radius 1 is 0.792 bits per heavy atom. The summed E-state index contributed by atoms with van der Waals surface area (Å²) in [5.41, 5.74) is -0.246. The van der Waals surface area contributed by atoms with Crippen molar-refractivity contribution in [3.8, 4) is 23.8 Å². The average Bonchev–Trinajstić information content (AvgIpc) is 2.54. The van der Waals surface area contributed by atoms with Gasteiger partial charge >= 0.3 is 0 Å². The Hall–Kier alpha value is -2.44. The van der Waals surface area contributed by atoms with Crippen molar-refractivity contribution >= 4 is 0 Å². The van der Waals surface area contributed by atoms with Crippen molar-refractivity contribution in [1.29, 1.82) is 0 Å². The Morgan fingerprint density at radius 2 is 1.12 bits per heavy atom. The molecule has 3 heteroatoms. The van der Waals surface area contributed by atoms with Crippen molar-refractivity contribution in [1.82, 2.24) is 0 Å². The lowest BCUT2D eigenvalue weighted by Gasteiger charge is -2.24. The summed E-state index contributed by atoms with van der Waals surface area (Å²) in [6.45, 7) is 7.86. The zero-order valence-corrected chi connectivity index (χ0v) is 14.6. The third-order valence-corrected chi connectivity index (χ3v) is 3.50. The molecule has 0 aliphatic carbocycles. The molecule has 24 heavy (non-hydrogen) atoms. The van der Waals surface area contributed by atoms with Gasteiger partial charge < -0.3 is 14.6 Å². The maximum absolute atomic E-state index is 11.0. The van der Waals surface area contributed by atoms with E-state index < -0.39 is 5.60 Å². The van der Waals surface area contributed by atoms with Crippen LogP contribution in [0.2, 0.25) is 0 Å². The molecule has 0 heterocycles. The maximum Gasteiger partial charge on any atom is 0.176 e. The third kappa shape index (κ3) is 4.10. The minimum absolute atomic E-state index is 0.0934. The SMILES string of the molecule is C#CC(O)(c1ccc(OC(C)C)cc1)c1ccc(OC(C)C)cc1. The fourth-order valence-electron chi connectivity index (χ4n) is 2.43. The van der Waals surface area contributed by atoms with Gasteiger partial charge in [0.1, 0.15) is 11.5 Å². The molecule has 0 unspecified atom stereocenters. The summed E-state index contributed by atoms with van der Waals surface area (Å²) in [6.07, 6.45) is 5.83. The largest absolute Gasteiger partial charge is 0.491 e. The molecule has 126 valence electrons. The van der Waals surface area contributed by atoms with Crippen molar-refractivity contribution in [2.75, 3.05) is 0 Å². The Morgan fingerprint density at radius 3 is 1.38 bits per heavy atom. The molecule has 0 saturated heterocycles. The van der Waals surface area contributed by atoms with Gasteiger partial charge in [0.2, 0.25) is 0 Å². The Balaban J connectivity index is 2.29. The number of benzene rings is 2. The first-order valence-corrected chi connectivity index (χ1v) is 8.09. The standard InChI is InChI=1S/C21H24O3/c1-6-21(22,17-7-11-19(12-8-17)23-15(2)3)18-9-13-20(14-10-18)24-16(4)5/h1,7-16,22H,2-5H3. The van der Waals surface area contributed by atoms with Gasteiger partial charge in [-0.05, 0) is 52.0 Å². The molecule has 0 spiro atoms. The molecule has 1 N–H and O–H groups in total. The normalized spacial score (nSPS) is 11.4. The van der Waals surface area contributed by atoms with Crippen LogP contribution in [-0.4, -0.2) is 17.3 Å². The second-order valence-electron chi connectivity index (χ2n) is 6.24. The second kappa shape index (κ2) is 7.42. The van der Waals surface area contributed by atoms with E-state index in [0.29, 0.717) is 11.1 Å². The highest BCUT2D eigenvalue weighted by atomic mass is 16.5. The molecule has 0 radical (unpaired) electrons. The summed E-state index contributed by atoms with van der Waals surface area (Å²) in [7, 11) is 0. The van der Waals surface area contributed by atoms with Crippen LogP contribution < -0.4 is 9.47 Å². The van der Waals surface area contributed by atoms with Gasteiger partial charge in [-0.3, -0.25) is 0 Å². The zero-order chi connectivity index (χ0) is 17.7.